The number of aryl methyl sites for hydroxylation is 1. The van der Waals surface area contributed by atoms with Gasteiger partial charge in [-0.3, -0.25) is 4.79 Å². The Morgan fingerprint density at radius 2 is 1.88 bits per heavy atom. The number of primary sulfonamides is 1. The summed E-state index contributed by atoms with van der Waals surface area (Å²) in [5.74, 6) is 0.214. The van der Waals surface area contributed by atoms with E-state index in [0.29, 0.717) is 11.3 Å². The van der Waals surface area contributed by atoms with Crippen LogP contribution in [0.2, 0.25) is 0 Å². The number of para-hydroxylation sites is 1. The molecule has 1 atom stereocenters. The highest BCUT2D eigenvalue weighted by molar-refractivity contribution is 7.89. The molecule has 7 heteroatoms. The molecule has 3 aromatic rings. The summed E-state index contributed by atoms with van der Waals surface area (Å²) in [6.45, 7) is 3.42. The van der Waals surface area contributed by atoms with Gasteiger partial charge in [0.05, 0.1) is 10.9 Å². The Bertz CT molecular complexity index is 1020. The number of fused-ring (bicyclic) bond motifs is 1. The molecule has 0 spiro atoms. The largest absolute Gasteiger partial charge is 0.459 e. The van der Waals surface area contributed by atoms with Crippen LogP contribution < -0.4 is 10.5 Å². The van der Waals surface area contributed by atoms with E-state index in [4.69, 9.17) is 9.56 Å². The second-order valence-corrected chi connectivity index (χ2v) is 7.44. The third-order valence-electron chi connectivity index (χ3n) is 3.98. The zero-order valence-corrected chi connectivity index (χ0v) is 14.6. The highest BCUT2D eigenvalue weighted by atomic mass is 32.2. The fraction of sp³-hybridized carbons (Fsp3) is 0.167. The Balaban J connectivity index is 1.84. The topological polar surface area (TPSA) is 102 Å². The van der Waals surface area contributed by atoms with E-state index in [1.165, 1.54) is 6.07 Å². The van der Waals surface area contributed by atoms with Gasteiger partial charge in [-0.2, -0.15) is 0 Å². The summed E-state index contributed by atoms with van der Waals surface area (Å²) in [5.41, 5.74) is 1.45. The lowest BCUT2D eigenvalue weighted by Gasteiger charge is -2.12. The van der Waals surface area contributed by atoms with Crippen molar-refractivity contribution in [2.45, 2.75) is 24.8 Å². The first-order chi connectivity index (χ1) is 11.8. The number of hydrogen-bond acceptors (Lipinski definition) is 4. The van der Waals surface area contributed by atoms with Gasteiger partial charge >= 0.3 is 0 Å². The van der Waals surface area contributed by atoms with Gasteiger partial charge in [-0.1, -0.05) is 24.3 Å². The Morgan fingerprint density at radius 1 is 1.16 bits per heavy atom. The van der Waals surface area contributed by atoms with Crippen molar-refractivity contribution in [3.63, 3.8) is 0 Å². The smallest absolute Gasteiger partial charge is 0.251 e. The van der Waals surface area contributed by atoms with E-state index in [1.54, 1.807) is 26.0 Å². The van der Waals surface area contributed by atoms with E-state index in [1.807, 2.05) is 30.3 Å². The van der Waals surface area contributed by atoms with E-state index in [2.05, 4.69) is 5.32 Å². The summed E-state index contributed by atoms with van der Waals surface area (Å²) in [6, 6.07) is 13.5. The molecule has 130 valence electrons. The first-order valence-electron chi connectivity index (χ1n) is 7.68. The number of furan rings is 1. The fourth-order valence-corrected chi connectivity index (χ4v) is 3.42. The van der Waals surface area contributed by atoms with Crippen LogP contribution in [0.25, 0.3) is 11.0 Å². The molecule has 0 saturated heterocycles. The predicted molar refractivity (Wildman–Crippen MR) is 94.6 cm³/mol. The van der Waals surface area contributed by atoms with Crippen molar-refractivity contribution in [3.05, 3.63) is 65.4 Å². The summed E-state index contributed by atoms with van der Waals surface area (Å²) in [7, 11) is -3.89. The quantitative estimate of drug-likeness (QED) is 0.748. The number of benzene rings is 2. The number of nitrogens with one attached hydrogen (secondary N) is 1. The molecule has 6 nitrogen and oxygen atoms in total. The minimum Gasteiger partial charge on any atom is -0.459 e. The molecule has 1 heterocycles. The van der Waals surface area contributed by atoms with Crippen molar-refractivity contribution >= 4 is 26.9 Å². The van der Waals surface area contributed by atoms with Crippen LogP contribution in [0.15, 0.2) is 57.8 Å². The van der Waals surface area contributed by atoms with E-state index in [0.717, 1.165) is 11.0 Å². The van der Waals surface area contributed by atoms with Crippen molar-refractivity contribution in [2.24, 2.45) is 5.14 Å². The molecule has 0 aliphatic carbocycles. The van der Waals surface area contributed by atoms with Gasteiger partial charge in [0.2, 0.25) is 10.0 Å². The average Bonchev–Trinajstić information content (AvgIpc) is 2.98. The van der Waals surface area contributed by atoms with Crippen LogP contribution in [0.4, 0.5) is 0 Å². The molecule has 1 amide bonds. The van der Waals surface area contributed by atoms with E-state index in [9.17, 15) is 13.2 Å². The lowest BCUT2D eigenvalue weighted by molar-refractivity contribution is 0.0935. The number of nitrogens with two attached hydrogens (primary N) is 1. The predicted octanol–water partition coefficient (Wildman–Crippen LogP) is 2.88. The van der Waals surface area contributed by atoms with Crippen LogP contribution in [-0.4, -0.2) is 14.3 Å². The van der Waals surface area contributed by atoms with Crippen LogP contribution in [0, 0.1) is 6.92 Å². The number of rotatable bonds is 4. The minimum absolute atomic E-state index is 0.0588. The Kier molecular flexibility index (Phi) is 4.36. The Morgan fingerprint density at radius 3 is 2.56 bits per heavy atom. The molecule has 3 N–H and O–H groups in total. The fourth-order valence-electron chi connectivity index (χ4n) is 2.61. The molecule has 0 aliphatic rings. The highest BCUT2D eigenvalue weighted by Gasteiger charge is 2.18. The number of carbonyl (C=O) groups excluding carboxylic acids is 1. The molecular formula is C18H18N2O4S. The van der Waals surface area contributed by atoms with Crippen LogP contribution >= 0.6 is 0 Å². The van der Waals surface area contributed by atoms with Gasteiger partial charge in [0.15, 0.2) is 0 Å². The lowest BCUT2D eigenvalue weighted by atomic mass is 10.1. The molecule has 1 aromatic heterocycles. The number of amides is 1. The maximum atomic E-state index is 12.4. The average molecular weight is 358 g/mol. The van der Waals surface area contributed by atoms with Gasteiger partial charge in [-0.15, -0.1) is 0 Å². The standard InChI is InChI=1S/C18H18N2O4S/c1-11-7-8-14(10-17(11)25(19,22)23)18(21)20-12(2)16-9-13-5-3-4-6-15(13)24-16/h3-10,12H,1-2H3,(H,20,21)(H2,19,22,23)/t12-/m1/s1. The minimum atomic E-state index is -3.89. The molecule has 25 heavy (non-hydrogen) atoms. The first kappa shape index (κ1) is 17.2. The first-order valence-corrected chi connectivity index (χ1v) is 9.23. The maximum absolute atomic E-state index is 12.4. The molecule has 3 rings (SSSR count). The van der Waals surface area contributed by atoms with Gasteiger partial charge in [0.1, 0.15) is 11.3 Å². The van der Waals surface area contributed by atoms with Crippen molar-refractivity contribution in [1.82, 2.24) is 5.32 Å². The number of hydrogen-bond donors (Lipinski definition) is 2. The molecule has 0 bridgehead atoms. The van der Waals surface area contributed by atoms with Gasteiger partial charge < -0.3 is 9.73 Å². The molecule has 2 aromatic carbocycles. The van der Waals surface area contributed by atoms with Crippen LogP contribution in [0.1, 0.15) is 34.6 Å². The zero-order valence-electron chi connectivity index (χ0n) is 13.8. The molecule has 0 fully saturated rings. The summed E-state index contributed by atoms with van der Waals surface area (Å²) in [4.78, 5) is 12.4. The highest BCUT2D eigenvalue weighted by Crippen LogP contribution is 2.24. The van der Waals surface area contributed by atoms with Crippen molar-refractivity contribution in [1.29, 1.82) is 0 Å². The zero-order chi connectivity index (χ0) is 18.2. The normalized spacial score (nSPS) is 12.9. The van der Waals surface area contributed by atoms with Crippen molar-refractivity contribution in [2.75, 3.05) is 0 Å². The molecule has 0 aliphatic heterocycles. The third kappa shape index (κ3) is 3.57. The van der Waals surface area contributed by atoms with Crippen molar-refractivity contribution < 1.29 is 17.6 Å². The van der Waals surface area contributed by atoms with Crippen LogP contribution in [-0.2, 0) is 10.0 Å². The Labute approximate surface area is 145 Å². The number of sulfonamides is 1. The Hall–Kier alpha value is -2.64. The van der Waals surface area contributed by atoms with E-state index < -0.39 is 15.9 Å². The lowest BCUT2D eigenvalue weighted by Crippen LogP contribution is -2.27. The van der Waals surface area contributed by atoms with Crippen LogP contribution in [0.5, 0.6) is 0 Å². The van der Waals surface area contributed by atoms with Crippen LogP contribution in [0.3, 0.4) is 0 Å². The molecule has 0 saturated carbocycles. The monoisotopic (exact) mass is 358 g/mol. The SMILES string of the molecule is Cc1ccc(C(=O)N[C@H](C)c2cc3ccccc3o2)cc1S(N)(=O)=O. The summed E-state index contributed by atoms with van der Waals surface area (Å²) < 4.78 is 28.9. The maximum Gasteiger partial charge on any atom is 0.251 e. The second-order valence-electron chi connectivity index (χ2n) is 5.91. The van der Waals surface area contributed by atoms with E-state index in [-0.39, 0.29) is 16.5 Å². The second kappa shape index (κ2) is 6.34. The van der Waals surface area contributed by atoms with Gasteiger partial charge in [-0.05, 0) is 43.7 Å². The number of carbonyl (C=O) groups is 1. The summed E-state index contributed by atoms with van der Waals surface area (Å²) in [6.07, 6.45) is 0. The third-order valence-corrected chi connectivity index (χ3v) is 5.03. The van der Waals surface area contributed by atoms with E-state index >= 15 is 0 Å². The summed E-state index contributed by atoms with van der Waals surface area (Å²) >= 11 is 0. The van der Waals surface area contributed by atoms with Crippen molar-refractivity contribution in [3.8, 4) is 0 Å². The molecule has 0 unspecified atom stereocenters. The molecular weight excluding hydrogens is 340 g/mol. The van der Waals surface area contributed by atoms with Gasteiger partial charge in [0, 0.05) is 10.9 Å². The molecule has 0 radical (unpaired) electrons. The van der Waals surface area contributed by atoms with Gasteiger partial charge in [-0.25, -0.2) is 13.6 Å². The van der Waals surface area contributed by atoms with Gasteiger partial charge in [0.25, 0.3) is 5.91 Å². The summed E-state index contributed by atoms with van der Waals surface area (Å²) in [5, 5.41) is 8.94.